The molecule has 180 valence electrons. The summed E-state index contributed by atoms with van der Waals surface area (Å²) in [6.07, 6.45) is 3.52. The molecular formula is C28H33NO4S. The Labute approximate surface area is 203 Å². The minimum Gasteiger partial charge on any atom is -0.493 e. The average molecular weight is 480 g/mol. The first-order valence-corrected chi connectivity index (χ1v) is 13.2. The van der Waals surface area contributed by atoms with E-state index in [4.69, 9.17) is 4.74 Å². The summed E-state index contributed by atoms with van der Waals surface area (Å²) in [7, 11) is -4.05. The number of unbranched alkanes of at least 4 members (excludes halogenated alkanes) is 1. The molecule has 0 spiro atoms. The standard InChI is InChI=1S/C28H33NO4S/c1-4-5-10-24-15-17-25(18-16-24)29(34(31,32)26-19-13-22(2)14-20-26)28(30)12-8-21-33-27-11-7-6-9-23(27)3/h6-7,9,11,13-20H,4-5,8,10,12,21H2,1-3H3. The fourth-order valence-corrected chi connectivity index (χ4v) is 5.09. The number of aryl methyl sites for hydroxylation is 3. The second-order valence-corrected chi connectivity index (χ2v) is 10.3. The molecule has 5 nitrogen and oxygen atoms in total. The number of carbonyl (C=O) groups is 1. The summed E-state index contributed by atoms with van der Waals surface area (Å²) in [5.41, 5.74) is 3.44. The van der Waals surface area contributed by atoms with E-state index in [0.717, 1.165) is 46.0 Å². The van der Waals surface area contributed by atoms with E-state index in [1.807, 2.05) is 50.2 Å². The molecule has 0 bridgehead atoms. The van der Waals surface area contributed by atoms with Crippen LogP contribution in [0.25, 0.3) is 0 Å². The smallest absolute Gasteiger partial charge is 0.270 e. The third-order valence-electron chi connectivity index (χ3n) is 5.66. The van der Waals surface area contributed by atoms with Gasteiger partial charge in [0, 0.05) is 6.42 Å². The topological polar surface area (TPSA) is 63.7 Å². The first-order valence-electron chi connectivity index (χ1n) is 11.7. The zero-order valence-electron chi connectivity index (χ0n) is 20.2. The molecule has 0 aliphatic rings. The Kier molecular flexibility index (Phi) is 8.88. The highest BCUT2D eigenvalue weighted by Crippen LogP contribution is 2.26. The number of carbonyl (C=O) groups excluding carboxylic acids is 1. The van der Waals surface area contributed by atoms with Crippen LogP contribution in [0.2, 0.25) is 0 Å². The Bertz CT molecular complexity index is 1190. The molecule has 0 aromatic heterocycles. The van der Waals surface area contributed by atoms with Crippen molar-refractivity contribution < 1.29 is 17.9 Å². The summed E-state index contributed by atoms with van der Waals surface area (Å²) in [6, 6.07) is 21.5. The van der Waals surface area contributed by atoms with Gasteiger partial charge in [0.15, 0.2) is 0 Å². The highest BCUT2D eigenvalue weighted by Gasteiger charge is 2.30. The summed E-state index contributed by atoms with van der Waals surface area (Å²) in [6.45, 7) is 6.31. The molecule has 0 unspecified atom stereocenters. The Morgan fingerprint density at radius 2 is 1.56 bits per heavy atom. The minimum atomic E-state index is -4.05. The Morgan fingerprint density at radius 1 is 0.882 bits per heavy atom. The molecule has 0 saturated carbocycles. The van der Waals surface area contributed by atoms with E-state index in [-0.39, 0.29) is 11.3 Å². The molecule has 6 heteroatoms. The highest BCUT2D eigenvalue weighted by atomic mass is 32.2. The van der Waals surface area contributed by atoms with E-state index in [1.165, 1.54) is 0 Å². The van der Waals surface area contributed by atoms with Gasteiger partial charge in [0.05, 0.1) is 17.2 Å². The van der Waals surface area contributed by atoms with E-state index in [2.05, 4.69) is 6.92 Å². The molecule has 34 heavy (non-hydrogen) atoms. The van der Waals surface area contributed by atoms with Crippen LogP contribution < -0.4 is 9.04 Å². The van der Waals surface area contributed by atoms with Crippen molar-refractivity contribution in [3.05, 3.63) is 89.5 Å². The van der Waals surface area contributed by atoms with Gasteiger partial charge >= 0.3 is 0 Å². The van der Waals surface area contributed by atoms with Gasteiger partial charge in [0.1, 0.15) is 5.75 Å². The zero-order chi connectivity index (χ0) is 24.6. The first kappa shape index (κ1) is 25.5. The van der Waals surface area contributed by atoms with E-state index < -0.39 is 15.9 Å². The van der Waals surface area contributed by atoms with Crippen molar-refractivity contribution >= 4 is 21.6 Å². The normalized spacial score (nSPS) is 11.3. The van der Waals surface area contributed by atoms with Gasteiger partial charge in [0.25, 0.3) is 10.0 Å². The third-order valence-corrected chi connectivity index (χ3v) is 7.42. The maximum Gasteiger partial charge on any atom is 0.270 e. The highest BCUT2D eigenvalue weighted by molar-refractivity contribution is 7.93. The molecule has 0 aliphatic heterocycles. The number of sulfonamides is 1. The summed E-state index contributed by atoms with van der Waals surface area (Å²) in [5.74, 6) is 0.289. The van der Waals surface area contributed by atoms with E-state index in [9.17, 15) is 13.2 Å². The second kappa shape index (κ2) is 11.8. The minimum absolute atomic E-state index is 0.0502. The van der Waals surface area contributed by atoms with Gasteiger partial charge in [-0.2, -0.15) is 0 Å². The Balaban J connectivity index is 1.80. The number of anilines is 1. The molecule has 3 rings (SSSR count). The monoisotopic (exact) mass is 479 g/mol. The predicted molar refractivity (Wildman–Crippen MR) is 137 cm³/mol. The predicted octanol–water partition coefficient (Wildman–Crippen LogP) is 6.23. The molecule has 3 aromatic rings. The summed E-state index contributed by atoms with van der Waals surface area (Å²) in [5, 5.41) is 0. The molecule has 0 aliphatic carbocycles. The summed E-state index contributed by atoms with van der Waals surface area (Å²) < 4.78 is 33.8. The van der Waals surface area contributed by atoms with Crippen LogP contribution in [0.1, 0.15) is 49.3 Å². The van der Waals surface area contributed by atoms with Crippen LogP contribution in [0.3, 0.4) is 0 Å². The number of nitrogens with zero attached hydrogens (tertiary/aromatic N) is 1. The van der Waals surface area contributed by atoms with Crippen LogP contribution >= 0.6 is 0 Å². The number of hydrogen-bond acceptors (Lipinski definition) is 4. The molecule has 0 heterocycles. The molecule has 0 saturated heterocycles. The van der Waals surface area contributed by atoms with Crippen LogP contribution in [-0.4, -0.2) is 20.9 Å². The number of benzene rings is 3. The van der Waals surface area contributed by atoms with Crippen LogP contribution in [0, 0.1) is 13.8 Å². The Morgan fingerprint density at radius 3 is 2.21 bits per heavy atom. The fraction of sp³-hybridized carbons (Fsp3) is 0.321. The molecule has 0 radical (unpaired) electrons. The summed E-state index contributed by atoms with van der Waals surface area (Å²) in [4.78, 5) is 13.4. The number of amides is 1. The van der Waals surface area contributed by atoms with Crippen molar-refractivity contribution in [1.82, 2.24) is 0 Å². The lowest BCUT2D eigenvalue weighted by molar-refractivity contribution is -0.117. The quantitative estimate of drug-likeness (QED) is 0.306. The average Bonchev–Trinajstić information content (AvgIpc) is 2.82. The van der Waals surface area contributed by atoms with Crippen molar-refractivity contribution in [1.29, 1.82) is 0 Å². The van der Waals surface area contributed by atoms with Crippen molar-refractivity contribution in [3.8, 4) is 5.75 Å². The fourth-order valence-electron chi connectivity index (χ4n) is 3.64. The largest absolute Gasteiger partial charge is 0.493 e. The van der Waals surface area contributed by atoms with Crippen LogP contribution in [0.4, 0.5) is 5.69 Å². The molecule has 0 atom stereocenters. The Hall–Kier alpha value is -3.12. The van der Waals surface area contributed by atoms with Crippen molar-refractivity contribution in [2.75, 3.05) is 10.9 Å². The van der Waals surface area contributed by atoms with Crippen LogP contribution in [0.5, 0.6) is 5.75 Å². The molecule has 0 fully saturated rings. The van der Waals surface area contributed by atoms with Crippen molar-refractivity contribution in [3.63, 3.8) is 0 Å². The van der Waals surface area contributed by atoms with Crippen LogP contribution in [0.15, 0.2) is 77.7 Å². The second-order valence-electron chi connectivity index (χ2n) is 8.46. The lowest BCUT2D eigenvalue weighted by Crippen LogP contribution is -2.37. The van der Waals surface area contributed by atoms with Gasteiger partial charge in [-0.3, -0.25) is 4.79 Å². The van der Waals surface area contributed by atoms with Gasteiger partial charge in [0.2, 0.25) is 5.91 Å². The molecular weight excluding hydrogens is 446 g/mol. The number of rotatable bonds is 11. The lowest BCUT2D eigenvalue weighted by atomic mass is 10.1. The van der Waals surface area contributed by atoms with Gasteiger partial charge in [-0.15, -0.1) is 0 Å². The van der Waals surface area contributed by atoms with Gasteiger partial charge < -0.3 is 4.74 Å². The number of hydrogen-bond donors (Lipinski definition) is 0. The lowest BCUT2D eigenvalue weighted by Gasteiger charge is -2.23. The molecule has 0 N–H and O–H groups in total. The van der Waals surface area contributed by atoms with Crippen LogP contribution in [-0.2, 0) is 21.2 Å². The molecule has 3 aromatic carbocycles. The van der Waals surface area contributed by atoms with E-state index in [0.29, 0.717) is 18.7 Å². The van der Waals surface area contributed by atoms with Crippen molar-refractivity contribution in [2.24, 2.45) is 0 Å². The van der Waals surface area contributed by atoms with Gasteiger partial charge in [-0.1, -0.05) is 61.4 Å². The van der Waals surface area contributed by atoms with Crippen molar-refractivity contribution in [2.45, 2.75) is 57.8 Å². The van der Waals surface area contributed by atoms with Gasteiger partial charge in [-0.05, 0) is 74.6 Å². The number of ether oxygens (including phenoxy) is 1. The SMILES string of the molecule is CCCCc1ccc(N(C(=O)CCCOc2ccccc2C)S(=O)(=O)c2ccc(C)cc2)cc1. The van der Waals surface area contributed by atoms with E-state index in [1.54, 1.807) is 36.4 Å². The molecule has 1 amide bonds. The summed E-state index contributed by atoms with van der Waals surface area (Å²) >= 11 is 0. The van der Waals surface area contributed by atoms with E-state index >= 15 is 0 Å². The maximum atomic E-state index is 13.5. The van der Waals surface area contributed by atoms with Gasteiger partial charge in [-0.25, -0.2) is 12.7 Å². The third kappa shape index (κ3) is 6.48. The first-order chi connectivity index (χ1) is 16.3. The maximum absolute atomic E-state index is 13.5. The number of para-hydroxylation sites is 1. The zero-order valence-corrected chi connectivity index (χ0v) is 21.0.